The summed E-state index contributed by atoms with van der Waals surface area (Å²) in [4.78, 5) is 8.50. The molecule has 0 spiro atoms. The van der Waals surface area contributed by atoms with Gasteiger partial charge in [0, 0.05) is 24.8 Å². The van der Waals surface area contributed by atoms with Crippen LogP contribution in [0.25, 0.3) is 0 Å². The molecule has 1 aliphatic carbocycles. The lowest BCUT2D eigenvalue weighted by Gasteiger charge is -2.53. The van der Waals surface area contributed by atoms with Gasteiger partial charge in [-0.3, -0.25) is 9.97 Å². The van der Waals surface area contributed by atoms with Crippen molar-refractivity contribution in [1.82, 2.24) is 9.97 Å². The fourth-order valence-electron chi connectivity index (χ4n) is 4.93. The van der Waals surface area contributed by atoms with E-state index >= 15 is 0 Å². The highest BCUT2D eigenvalue weighted by atomic mass is 14.6. The fraction of sp³-hybridized carbons (Fsp3) is 0.154. The van der Waals surface area contributed by atoms with E-state index in [1.54, 1.807) is 0 Å². The maximum Gasteiger partial charge on any atom is 0.0270 e. The molecule has 5 rings (SSSR count). The summed E-state index contributed by atoms with van der Waals surface area (Å²) in [6, 6.07) is 30.6. The average Bonchev–Trinajstić information content (AvgIpc) is 2.76. The largest absolute Gasteiger partial charge is 0.265 e. The molecular formula is C26H22N2. The Labute approximate surface area is 165 Å². The van der Waals surface area contributed by atoms with Crippen LogP contribution in [0.2, 0.25) is 0 Å². The molecule has 2 heteroatoms. The van der Waals surface area contributed by atoms with Crippen molar-refractivity contribution in [2.45, 2.75) is 23.7 Å². The Balaban J connectivity index is 1.67. The molecule has 2 heterocycles. The summed E-state index contributed by atoms with van der Waals surface area (Å²) >= 11 is 0. The molecule has 2 aromatic heterocycles. The quantitative estimate of drug-likeness (QED) is 0.450. The molecule has 0 saturated heterocycles. The molecule has 2 aromatic carbocycles. The zero-order valence-corrected chi connectivity index (χ0v) is 15.6. The molecule has 0 radical (unpaired) electrons. The van der Waals surface area contributed by atoms with Crippen LogP contribution in [0.4, 0.5) is 0 Å². The third-order valence-electron chi connectivity index (χ3n) is 6.10. The predicted molar refractivity (Wildman–Crippen MR) is 112 cm³/mol. The lowest BCUT2D eigenvalue weighted by Crippen LogP contribution is -2.40. The highest BCUT2D eigenvalue weighted by Gasteiger charge is 2.52. The number of nitrogens with zero attached hydrogens (tertiary/aromatic N) is 2. The van der Waals surface area contributed by atoms with Crippen LogP contribution in [0.5, 0.6) is 0 Å². The van der Waals surface area contributed by atoms with Gasteiger partial charge in [0.15, 0.2) is 0 Å². The Morgan fingerprint density at radius 1 is 0.357 bits per heavy atom. The van der Waals surface area contributed by atoms with Gasteiger partial charge >= 0.3 is 0 Å². The second-order valence-corrected chi connectivity index (χ2v) is 7.49. The summed E-state index contributed by atoms with van der Waals surface area (Å²) < 4.78 is 0. The summed E-state index contributed by atoms with van der Waals surface area (Å²) in [5, 5.41) is 0. The number of aromatic nitrogens is 2. The molecular weight excluding hydrogens is 340 g/mol. The van der Waals surface area contributed by atoms with Crippen LogP contribution in [0.3, 0.4) is 0 Å². The average molecular weight is 362 g/mol. The monoisotopic (exact) mass is 362 g/mol. The van der Waals surface area contributed by atoms with Crippen molar-refractivity contribution in [3.05, 3.63) is 132 Å². The van der Waals surface area contributed by atoms with Gasteiger partial charge in [0.05, 0.1) is 0 Å². The van der Waals surface area contributed by atoms with Gasteiger partial charge in [0.25, 0.3) is 0 Å². The van der Waals surface area contributed by atoms with Gasteiger partial charge in [-0.2, -0.15) is 0 Å². The Morgan fingerprint density at radius 3 is 0.964 bits per heavy atom. The minimum absolute atomic E-state index is 0.415. The number of hydrogen-bond donors (Lipinski definition) is 0. The van der Waals surface area contributed by atoms with Gasteiger partial charge in [0.1, 0.15) is 0 Å². The first-order valence-corrected chi connectivity index (χ1v) is 9.83. The van der Waals surface area contributed by atoms with Gasteiger partial charge in [-0.05, 0) is 70.2 Å². The van der Waals surface area contributed by atoms with E-state index < -0.39 is 0 Å². The molecule has 0 bridgehead atoms. The van der Waals surface area contributed by atoms with E-state index in [4.69, 9.17) is 0 Å². The van der Waals surface area contributed by atoms with E-state index in [2.05, 4.69) is 94.9 Å². The smallest absolute Gasteiger partial charge is 0.0270 e. The van der Waals surface area contributed by atoms with Crippen LogP contribution in [0.1, 0.15) is 45.9 Å². The number of hydrogen-bond acceptors (Lipinski definition) is 2. The van der Waals surface area contributed by atoms with Crippen molar-refractivity contribution >= 4 is 0 Å². The van der Waals surface area contributed by atoms with Gasteiger partial charge in [0.2, 0.25) is 0 Å². The normalized spacial score (nSPS) is 23.7. The van der Waals surface area contributed by atoms with Gasteiger partial charge in [-0.15, -0.1) is 0 Å². The van der Waals surface area contributed by atoms with Crippen molar-refractivity contribution < 1.29 is 0 Å². The van der Waals surface area contributed by atoms with Crippen molar-refractivity contribution in [2.24, 2.45) is 0 Å². The highest BCUT2D eigenvalue weighted by Crippen LogP contribution is 2.66. The van der Waals surface area contributed by atoms with Gasteiger partial charge in [-0.1, -0.05) is 60.7 Å². The van der Waals surface area contributed by atoms with Crippen LogP contribution in [0.15, 0.2) is 110 Å². The zero-order chi connectivity index (χ0) is 18.8. The molecule has 0 N–H and O–H groups in total. The number of pyridine rings is 2. The van der Waals surface area contributed by atoms with E-state index in [1.807, 2.05) is 24.8 Å². The summed E-state index contributed by atoms with van der Waals surface area (Å²) in [6.45, 7) is 0. The Kier molecular flexibility index (Phi) is 4.46. The van der Waals surface area contributed by atoms with Crippen molar-refractivity contribution in [2.75, 3.05) is 0 Å². The van der Waals surface area contributed by atoms with Crippen molar-refractivity contribution in [3.8, 4) is 0 Å². The molecule has 1 fully saturated rings. The SMILES string of the molecule is c1ccc([C@@H]2[C@@H](c3ccccc3)[C@H](c3ccncc3)[C@H]2c2ccncc2)cc1. The van der Waals surface area contributed by atoms with E-state index in [0.29, 0.717) is 23.7 Å². The van der Waals surface area contributed by atoms with Gasteiger partial charge in [-0.25, -0.2) is 0 Å². The maximum absolute atomic E-state index is 4.25. The van der Waals surface area contributed by atoms with Crippen LogP contribution in [0, 0.1) is 0 Å². The first-order valence-electron chi connectivity index (χ1n) is 9.83. The van der Waals surface area contributed by atoms with Crippen molar-refractivity contribution in [3.63, 3.8) is 0 Å². The molecule has 1 saturated carbocycles. The van der Waals surface area contributed by atoms with Crippen LogP contribution >= 0.6 is 0 Å². The van der Waals surface area contributed by atoms with Crippen LogP contribution in [-0.4, -0.2) is 9.97 Å². The lowest BCUT2D eigenvalue weighted by molar-refractivity contribution is 0.228. The van der Waals surface area contributed by atoms with Crippen molar-refractivity contribution in [1.29, 1.82) is 0 Å². The Bertz CT molecular complexity index is 835. The molecule has 0 unspecified atom stereocenters. The molecule has 0 amide bonds. The third kappa shape index (κ3) is 2.91. The zero-order valence-electron chi connectivity index (χ0n) is 15.6. The molecule has 0 aliphatic heterocycles. The van der Waals surface area contributed by atoms with E-state index in [-0.39, 0.29) is 0 Å². The second-order valence-electron chi connectivity index (χ2n) is 7.49. The standard InChI is InChI=1S/C26H22N2/c1-3-7-19(8-4-1)23-24(20-9-5-2-6-10-20)26(22-13-17-28-18-14-22)25(23)21-11-15-27-16-12-21/h1-18,23-26H/t23-,24-,25+,26+/m1/s1. The van der Waals surface area contributed by atoms with E-state index in [9.17, 15) is 0 Å². The minimum atomic E-state index is 0.415. The number of benzene rings is 2. The number of rotatable bonds is 4. The summed E-state index contributed by atoms with van der Waals surface area (Å²) in [5.74, 6) is 1.70. The minimum Gasteiger partial charge on any atom is -0.265 e. The molecule has 2 nitrogen and oxygen atoms in total. The Hall–Kier alpha value is -3.26. The topological polar surface area (TPSA) is 25.8 Å². The first kappa shape index (κ1) is 16.9. The first-order chi connectivity index (χ1) is 13.9. The lowest BCUT2D eigenvalue weighted by atomic mass is 9.49. The Morgan fingerprint density at radius 2 is 0.643 bits per heavy atom. The molecule has 28 heavy (non-hydrogen) atoms. The van der Waals surface area contributed by atoms with Gasteiger partial charge < -0.3 is 0 Å². The van der Waals surface area contributed by atoms with Crippen LogP contribution < -0.4 is 0 Å². The molecule has 4 atom stereocenters. The maximum atomic E-state index is 4.25. The molecule has 4 aromatic rings. The molecule has 1 aliphatic rings. The van der Waals surface area contributed by atoms with E-state index in [0.717, 1.165) is 0 Å². The van der Waals surface area contributed by atoms with Crippen LogP contribution in [-0.2, 0) is 0 Å². The predicted octanol–water partition coefficient (Wildman–Crippen LogP) is 5.93. The summed E-state index contributed by atoms with van der Waals surface area (Å²) in [6.07, 6.45) is 7.65. The summed E-state index contributed by atoms with van der Waals surface area (Å²) in [7, 11) is 0. The third-order valence-corrected chi connectivity index (χ3v) is 6.10. The fourth-order valence-corrected chi connectivity index (χ4v) is 4.93. The highest BCUT2D eigenvalue weighted by molar-refractivity contribution is 5.47. The summed E-state index contributed by atoms with van der Waals surface area (Å²) in [5.41, 5.74) is 5.53. The molecule has 136 valence electrons. The second kappa shape index (κ2) is 7.40. The van der Waals surface area contributed by atoms with E-state index in [1.165, 1.54) is 22.3 Å².